The molecule has 18 heavy (non-hydrogen) atoms. The van der Waals surface area contributed by atoms with Crippen molar-refractivity contribution in [2.45, 2.75) is 19.8 Å². The summed E-state index contributed by atoms with van der Waals surface area (Å²) < 4.78 is 14.7. The molecule has 1 aromatic carbocycles. The summed E-state index contributed by atoms with van der Waals surface area (Å²) in [7, 11) is 1.91. The van der Waals surface area contributed by atoms with Crippen LogP contribution in [0.2, 0.25) is 0 Å². The Morgan fingerprint density at radius 1 is 1.28 bits per heavy atom. The van der Waals surface area contributed by atoms with Gasteiger partial charge in [0, 0.05) is 7.05 Å². The highest BCUT2D eigenvalue weighted by molar-refractivity contribution is 5.30. The third-order valence-corrected chi connectivity index (χ3v) is 3.11. The summed E-state index contributed by atoms with van der Waals surface area (Å²) in [6.07, 6.45) is 1.50. The molecule has 0 radical (unpaired) electrons. The summed E-state index contributed by atoms with van der Waals surface area (Å²) in [5.74, 6) is 0.605. The van der Waals surface area contributed by atoms with E-state index in [2.05, 4.69) is 11.1 Å². The van der Waals surface area contributed by atoms with Crippen molar-refractivity contribution in [3.8, 4) is 6.07 Å². The van der Waals surface area contributed by atoms with Crippen LogP contribution >= 0.6 is 0 Å². The number of benzene rings is 1. The van der Waals surface area contributed by atoms with Crippen molar-refractivity contribution < 1.29 is 4.39 Å². The molecule has 0 amide bonds. The van der Waals surface area contributed by atoms with Gasteiger partial charge in [0.15, 0.2) is 5.69 Å². The molecule has 0 unspecified atom stereocenters. The van der Waals surface area contributed by atoms with Crippen molar-refractivity contribution in [1.82, 2.24) is 9.55 Å². The molecule has 1 aromatic heterocycles. The van der Waals surface area contributed by atoms with E-state index >= 15 is 0 Å². The molecule has 0 bridgehead atoms. The van der Waals surface area contributed by atoms with Gasteiger partial charge in [-0.15, -0.1) is 0 Å². The van der Waals surface area contributed by atoms with E-state index in [0.717, 1.165) is 29.9 Å². The van der Waals surface area contributed by atoms with E-state index < -0.39 is 0 Å². The monoisotopic (exact) mass is 243 g/mol. The van der Waals surface area contributed by atoms with Crippen LogP contribution in [0, 0.1) is 24.1 Å². The first-order chi connectivity index (χ1) is 8.61. The Balaban J connectivity index is 2.15. The summed E-state index contributed by atoms with van der Waals surface area (Å²) in [5.41, 5.74) is 2.47. The van der Waals surface area contributed by atoms with Gasteiger partial charge in [0.05, 0.1) is 5.69 Å². The maximum atomic E-state index is 12.8. The quantitative estimate of drug-likeness (QED) is 0.831. The molecule has 2 aromatic rings. The van der Waals surface area contributed by atoms with Crippen LogP contribution in [0.1, 0.15) is 22.8 Å². The maximum absolute atomic E-state index is 12.8. The van der Waals surface area contributed by atoms with Crippen molar-refractivity contribution in [1.29, 1.82) is 5.26 Å². The molecule has 0 saturated heterocycles. The lowest BCUT2D eigenvalue weighted by Crippen LogP contribution is -2.02. The summed E-state index contributed by atoms with van der Waals surface area (Å²) in [6.45, 7) is 1.88. The van der Waals surface area contributed by atoms with Crippen molar-refractivity contribution in [2.24, 2.45) is 7.05 Å². The second-order valence-electron chi connectivity index (χ2n) is 4.25. The molecular weight excluding hydrogens is 229 g/mol. The molecule has 0 aliphatic rings. The lowest BCUT2D eigenvalue weighted by Gasteiger charge is -2.04. The van der Waals surface area contributed by atoms with Crippen LogP contribution in [-0.2, 0) is 19.9 Å². The van der Waals surface area contributed by atoms with E-state index in [4.69, 9.17) is 5.26 Å². The summed E-state index contributed by atoms with van der Waals surface area (Å²) >= 11 is 0. The van der Waals surface area contributed by atoms with Gasteiger partial charge in [0.1, 0.15) is 17.7 Å². The first-order valence-electron chi connectivity index (χ1n) is 5.78. The molecule has 2 rings (SSSR count). The van der Waals surface area contributed by atoms with Crippen LogP contribution in [0.3, 0.4) is 0 Å². The fraction of sp³-hybridized carbons (Fsp3) is 0.286. The number of hydrogen-bond donors (Lipinski definition) is 0. The van der Waals surface area contributed by atoms with E-state index in [1.54, 1.807) is 12.1 Å². The Hall–Kier alpha value is -2.15. The van der Waals surface area contributed by atoms with Crippen LogP contribution in [0.15, 0.2) is 24.3 Å². The minimum atomic E-state index is -0.229. The Bertz CT molecular complexity index is 591. The first kappa shape index (κ1) is 12.3. The average molecular weight is 243 g/mol. The molecule has 0 spiro atoms. The molecule has 0 saturated carbocycles. The van der Waals surface area contributed by atoms with Gasteiger partial charge >= 0.3 is 0 Å². The van der Waals surface area contributed by atoms with E-state index in [9.17, 15) is 4.39 Å². The smallest absolute Gasteiger partial charge is 0.161 e. The second-order valence-corrected chi connectivity index (χ2v) is 4.25. The highest BCUT2D eigenvalue weighted by Crippen LogP contribution is 2.13. The summed E-state index contributed by atoms with van der Waals surface area (Å²) in [6, 6.07) is 8.55. The predicted molar refractivity (Wildman–Crippen MR) is 66.5 cm³/mol. The molecule has 0 atom stereocenters. The van der Waals surface area contributed by atoms with Gasteiger partial charge in [0.2, 0.25) is 0 Å². The molecule has 0 aliphatic heterocycles. The SMILES string of the molecule is Cc1nc(C#N)c(CCc2ccc(F)cc2)n1C. The average Bonchev–Trinajstić information content (AvgIpc) is 2.65. The lowest BCUT2D eigenvalue weighted by molar-refractivity contribution is 0.626. The van der Waals surface area contributed by atoms with Gasteiger partial charge in [-0.05, 0) is 37.5 Å². The molecule has 4 heteroatoms. The topological polar surface area (TPSA) is 41.6 Å². The second kappa shape index (κ2) is 5.01. The van der Waals surface area contributed by atoms with Crippen LogP contribution in [0.4, 0.5) is 4.39 Å². The zero-order chi connectivity index (χ0) is 13.1. The molecule has 0 N–H and O–H groups in total. The van der Waals surface area contributed by atoms with E-state index in [1.165, 1.54) is 12.1 Å². The zero-order valence-corrected chi connectivity index (χ0v) is 10.4. The number of hydrogen-bond acceptors (Lipinski definition) is 2. The normalized spacial score (nSPS) is 10.3. The van der Waals surface area contributed by atoms with Gasteiger partial charge in [-0.3, -0.25) is 0 Å². The Kier molecular flexibility index (Phi) is 3.42. The number of rotatable bonds is 3. The first-order valence-corrected chi connectivity index (χ1v) is 5.78. The Labute approximate surface area is 106 Å². The van der Waals surface area contributed by atoms with Gasteiger partial charge in [-0.25, -0.2) is 9.37 Å². The van der Waals surface area contributed by atoms with Gasteiger partial charge in [0.25, 0.3) is 0 Å². The molecule has 92 valence electrons. The van der Waals surface area contributed by atoms with Crippen molar-refractivity contribution in [3.05, 3.63) is 52.9 Å². The van der Waals surface area contributed by atoms with Crippen LogP contribution in [-0.4, -0.2) is 9.55 Å². The molecule has 1 heterocycles. The van der Waals surface area contributed by atoms with E-state index in [-0.39, 0.29) is 5.82 Å². The highest BCUT2D eigenvalue weighted by atomic mass is 19.1. The number of imidazole rings is 1. The third-order valence-electron chi connectivity index (χ3n) is 3.11. The third kappa shape index (κ3) is 2.40. The van der Waals surface area contributed by atoms with Crippen LogP contribution < -0.4 is 0 Å². The minimum Gasteiger partial charge on any atom is -0.334 e. The zero-order valence-electron chi connectivity index (χ0n) is 10.4. The minimum absolute atomic E-state index is 0.229. The number of halogens is 1. The number of aromatic nitrogens is 2. The summed E-state index contributed by atoms with van der Waals surface area (Å²) in [5, 5.41) is 9.01. The Morgan fingerprint density at radius 2 is 1.94 bits per heavy atom. The molecular formula is C14H14FN3. The predicted octanol–water partition coefficient (Wildman–Crippen LogP) is 2.52. The number of nitriles is 1. The van der Waals surface area contributed by atoms with Gasteiger partial charge in [-0.1, -0.05) is 12.1 Å². The molecule has 0 fully saturated rings. The van der Waals surface area contributed by atoms with E-state index in [1.807, 2.05) is 18.5 Å². The van der Waals surface area contributed by atoms with Gasteiger partial charge in [-0.2, -0.15) is 5.26 Å². The largest absolute Gasteiger partial charge is 0.334 e. The standard InChI is InChI=1S/C14H14FN3/c1-10-17-13(9-16)14(18(10)2)8-5-11-3-6-12(15)7-4-11/h3-4,6-7H,5,8H2,1-2H3. The number of nitrogens with zero attached hydrogens (tertiary/aromatic N) is 3. The fourth-order valence-corrected chi connectivity index (χ4v) is 1.94. The summed E-state index contributed by atoms with van der Waals surface area (Å²) in [4.78, 5) is 4.20. The van der Waals surface area contributed by atoms with Crippen LogP contribution in [0.25, 0.3) is 0 Å². The molecule has 3 nitrogen and oxygen atoms in total. The molecule has 0 aliphatic carbocycles. The Morgan fingerprint density at radius 3 is 2.56 bits per heavy atom. The number of aryl methyl sites for hydroxylation is 2. The van der Waals surface area contributed by atoms with Crippen molar-refractivity contribution >= 4 is 0 Å². The van der Waals surface area contributed by atoms with Gasteiger partial charge < -0.3 is 4.57 Å². The van der Waals surface area contributed by atoms with Crippen LogP contribution in [0.5, 0.6) is 0 Å². The highest BCUT2D eigenvalue weighted by Gasteiger charge is 2.11. The fourth-order valence-electron chi connectivity index (χ4n) is 1.94. The van der Waals surface area contributed by atoms with Crippen molar-refractivity contribution in [3.63, 3.8) is 0 Å². The maximum Gasteiger partial charge on any atom is 0.161 e. The lowest BCUT2D eigenvalue weighted by atomic mass is 10.1. The van der Waals surface area contributed by atoms with Crippen molar-refractivity contribution in [2.75, 3.05) is 0 Å². The van der Waals surface area contributed by atoms with E-state index in [0.29, 0.717) is 5.69 Å².